The van der Waals surface area contributed by atoms with E-state index in [1.807, 2.05) is 13.1 Å². The molecule has 0 radical (unpaired) electrons. The molecule has 0 spiro atoms. The van der Waals surface area contributed by atoms with Crippen LogP contribution in [-0.2, 0) is 11.3 Å². The summed E-state index contributed by atoms with van der Waals surface area (Å²) in [6.45, 7) is 9.95. The van der Waals surface area contributed by atoms with Crippen LogP contribution in [0, 0.1) is 12.8 Å². The largest absolute Gasteiger partial charge is 0.380 e. The Labute approximate surface area is 102 Å². The van der Waals surface area contributed by atoms with Gasteiger partial charge in [0.2, 0.25) is 0 Å². The zero-order chi connectivity index (χ0) is 11.8. The summed E-state index contributed by atoms with van der Waals surface area (Å²) >= 11 is 1.75. The standard InChI is InChI=1S/C12H22N2OS/c1-10(2)4-6-15-7-5-13-8-12-9-14-11(3)16-12/h9-10,13H,4-8H2,1-3H3. The highest BCUT2D eigenvalue weighted by Gasteiger charge is 1.97. The number of nitrogens with zero attached hydrogens (tertiary/aromatic N) is 1. The van der Waals surface area contributed by atoms with Crippen LogP contribution < -0.4 is 5.32 Å². The summed E-state index contributed by atoms with van der Waals surface area (Å²) in [5.74, 6) is 0.730. The van der Waals surface area contributed by atoms with Gasteiger partial charge in [0.1, 0.15) is 0 Å². The van der Waals surface area contributed by atoms with E-state index in [0.29, 0.717) is 0 Å². The van der Waals surface area contributed by atoms with Crippen LogP contribution in [-0.4, -0.2) is 24.7 Å². The second-order valence-corrected chi connectivity index (χ2v) is 5.64. The zero-order valence-electron chi connectivity index (χ0n) is 10.5. The lowest BCUT2D eigenvalue weighted by Gasteiger charge is -2.06. The Morgan fingerprint density at radius 1 is 1.44 bits per heavy atom. The first-order valence-electron chi connectivity index (χ1n) is 5.88. The summed E-state index contributed by atoms with van der Waals surface area (Å²) in [6, 6.07) is 0. The zero-order valence-corrected chi connectivity index (χ0v) is 11.3. The highest BCUT2D eigenvalue weighted by Crippen LogP contribution is 2.10. The van der Waals surface area contributed by atoms with Gasteiger partial charge in [0, 0.05) is 30.8 Å². The molecule has 1 heterocycles. The van der Waals surface area contributed by atoms with Crippen LogP contribution in [0.5, 0.6) is 0 Å². The van der Waals surface area contributed by atoms with Crippen LogP contribution in [0.1, 0.15) is 30.2 Å². The van der Waals surface area contributed by atoms with Crippen molar-refractivity contribution in [1.29, 1.82) is 0 Å². The van der Waals surface area contributed by atoms with E-state index in [2.05, 4.69) is 24.1 Å². The molecule has 1 aromatic heterocycles. The molecule has 1 aromatic rings. The number of hydrogen-bond acceptors (Lipinski definition) is 4. The lowest BCUT2D eigenvalue weighted by atomic mass is 10.1. The molecule has 0 saturated carbocycles. The van der Waals surface area contributed by atoms with Crippen molar-refractivity contribution in [1.82, 2.24) is 10.3 Å². The first-order valence-corrected chi connectivity index (χ1v) is 6.70. The lowest BCUT2D eigenvalue weighted by molar-refractivity contribution is 0.125. The number of hydrogen-bond donors (Lipinski definition) is 1. The smallest absolute Gasteiger partial charge is 0.0897 e. The Hall–Kier alpha value is -0.450. The molecule has 3 nitrogen and oxygen atoms in total. The van der Waals surface area contributed by atoms with Gasteiger partial charge in [-0.3, -0.25) is 0 Å². The number of aryl methyl sites for hydroxylation is 1. The second kappa shape index (κ2) is 7.76. The number of aromatic nitrogens is 1. The van der Waals surface area contributed by atoms with E-state index in [9.17, 15) is 0 Å². The third kappa shape index (κ3) is 6.20. The Kier molecular flexibility index (Phi) is 6.61. The SMILES string of the molecule is Cc1ncc(CNCCOCCC(C)C)s1. The summed E-state index contributed by atoms with van der Waals surface area (Å²) in [7, 11) is 0. The summed E-state index contributed by atoms with van der Waals surface area (Å²) in [6.07, 6.45) is 3.08. The van der Waals surface area contributed by atoms with Gasteiger partial charge in [-0.25, -0.2) is 4.98 Å². The summed E-state index contributed by atoms with van der Waals surface area (Å²) in [5.41, 5.74) is 0. The molecule has 4 heteroatoms. The van der Waals surface area contributed by atoms with Crippen LogP contribution >= 0.6 is 11.3 Å². The van der Waals surface area contributed by atoms with Crippen molar-refractivity contribution in [2.24, 2.45) is 5.92 Å². The number of nitrogens with one attached hydrogen (secondary N) is 1. The van der Waals surface area contributed by atoms with E-state index in [0.717, 1.165) is 43.6 Å². The van der Waals surface area contributed by atoms with Gasteiger partial charge in [-0.1, -0.05) is 13.8 Å². The maximum Gasteiger partial charge on any atom is 0.0897 e. The summed E-state index contributed by atoms with van der Waals surface area (Å²) in [5, 5.41) is 4.48. The van der Waals surface area contributed by atoms with E-state index in [-0.39, 0.29) is 0 Å². The van der Waals surface area contributed by atoms with E-state index in [4.69, 9.17) is 4.74 Å². The molecule has 0 saturated heterocycles. The maximum absolute atomic E-state index is 5.51. The van der Waals surface area contributed by atoms with Crippen molar-refractivity contribution < 1.29 is 4.74 Å². The minimum Gasteiger partial charge on any atom is -0.380 e. The van der Waals surface area contributed by atoms with Gasteiger partial charge in [0.05, 0.1) is 11.6 Å². The van der Waals surface area contributed by atoms with Gasteiger partial charge < -0.3 is 10.1 Å². The topological polar surface area (TPSA) is 34.2 Å². The molecule has 0 bridgehead atoms. The first-order chi connectivity index (χ1) is 7.68. The minimum atomic E-state index is 0.730. The van der Waals surface area contributed by atoms with Crippen LogP contribution in [0.2, 0.25) is 0 Å². The summed E-state index contributed by atoms with van der Waals surface area (Å²) in [4.78, 5) is 5.50. The maximum atomic E-state index is 5.51. The average molecular weight is 242 g/mol. The Morgan fingerprint density at radius 3 is 2.88 bits per heavy atom. The molecule has 0 aliphatic heterocycles. The van der Waals surface area contributed by atoms with Gasteiger partial charge in [-0.15, -0.1) is 11.3 Å². The van der Waals surface area contributed by atoms with Crippen molar-refractivity contribution in [3.63, 3.8) is 0 Å². The van der Waals surface area contributed by atoms with Crippen LogP contribution in [0.25, 0.3) is 0 Å². The monoisotopic (exact) mass is 242 g/mol. The average Bonchev–Trinajstić information content (AvgIpc) is 2.62. The van der Waals surface area contributed by atoms with Crippen molar-refractivity contribution in [3.05, 3.63) is 16.1 Å². The number of ether oxygens (including phenoxy) is 1. The first kappa shape index (κ1) is 13.6. The minimum absolute atomic E-state index is 0.730. The fourth-order valence-electron chi connectivity index (χ4n) is 1.26. The van der Waals surface area contributed by atoms with E-state index < -0.39 is 0 Å². The fraction of sp³-hybridized carbons (Fsp3) is 0.750. The molecule has 0 aliphatic rings. The highest BCUT2D eigenvalue weighted by molar-refractivity contribution is 7.11. The van der Waals surface area contributed by atoms with Crippen molar-refractivity contribution in [3.8, 4) is 0 Å². The fourth-order valence-corrected chi connectivity index (χ4v) is 2.03. The molecule has 0 atom stereocenters. The Morgan fingerprint density at radius 2 is 2.25 bits per heavy atom. The number of thiazole rings is 1. The molecule has 1 rings (SSSR count). The molecule has 92 valence electrons. The van der Waals surface area contributed by atoms with Gasteiger partial charge in [0.15, 0.2) is 0 Å². The lowest BCUT2D eigenvalue weighted by Crippen LogP contribution is -2.19. The molecule has 16 heavy (non-hydrogen) atoms. The van der Waals surface area contributed by atoms with E-state index in [1.165, 1.54) is 4.88 Å². The molecule has 0 fully saturated rings. The van der Waals surface area contributed by atoms with Gasteiger partial charge in [0.25, 0.3) is 0 Å². The van der Waals surface area contributed by atoms with Gasteiger partial charge >= 0.3 is 0 Å². The van der Waals surface area contributed by atoms with Crippen LogP contribution in [0.3, 0.4) is 0 Å². The Bertz CT molecular complexity index is 286. The number of rotatable bonds is 8. The third-order valence-electron chi connectivity index (χ3n) is 2.23. The van der Waals surface area contributed by atoms with E-state index in [1.54, 1.807) is 11.3 Å². The molecular weight excluding hydrogens is 220 g/mol. The molecule has 0 aromatic carbocycles. The van der Waals surface area contributed by atoms with Crippen molar-refractivity contribution >= 4 is 11.3 Å². The van der Waals surface area contributed by atoms with Crippen molar-refractivity contribution in [2.75, 3.05) is 19.8 Å². The van der Waals surface area contributed by atoms with Gasteiger partial charge in [-0.2, -0.15) is 0 Å². The third-order valence-corrected chi connectivity index (χ3v) is 3.14. The molecular formula is C12H22N2OS. The van der Waals surface area contributed by atoms with Crippen molar-refractivity contribution in [2.45, 2.75) is 33.7 Å². The normalized spacial score (nSPS) is 11.2. The predicted octanol–water partition coefficient (Wildman–Crippen LogP) is 2.60. The molecule has 1 N–H and O–H groups in total. The van der Waals surface area contributed by atoms with Crippen LogP contribution in [0.4, 0.5) is 0 Å². The van der Waals surface area contributed by atoms with Crippen LogP contribution in [0.15, 0.2) is 6.20 Å². The molecule has 0 aliphatic carbocycles. The summed E-state index contributed by atoms with van der Waals surface area (Å²) < 4.78 is 5.51. The highest BCUT2D eigenvalue weighted by atomic mass is 32.1. The predicted molar refractivity (Wildman–Crippen MR) is 68.8 cm³/mol. The van der Waals surface area contributed by atoms with Gasteiger partial charge in [-0.05, 0) is 19.3 Å². The second-order valence-electron chi connectivity index (χ2n) is 4.32. The molecule has 0 amide bonds. The Balaban J connectivity index is 1.92. The van der Waals surface area contributed by atoms with E-state index >= 15 is 0 Å². The molecule has 0 unspecified atom stereocenters. The quantitative estimate of drug-likeness (QED) is 0.712.